The number of methoxy groups -OCH3 is 1. The van der Waals surface area contributed by atoms with E-state index in [1.54, 1.807) is 36.3 Å². The summed E-state index contributed by atoms with van der Waals surface area (Å²) in [4.78, 5) is 13.6. The molecule has 0 spiro atoms. The summed E-state index contributed by atoms with van der Waals surface area (Å²) in [6.07, 6.45) is 5.21. The van der Waals surface area contributed by atoms with Gasteiger partial charge in [0.15, 0.2) is 0 Å². The first-order valence-corrected chi connectivity index (χ1v) is 5.09. The van der Waals surface area contributed by atoms with E-state index in [-0.39, 0.29) is 5.91 Å². The molecule has 1 rings (SSSR count). The predicted octanol–water partition coefficient (Wildman–Crippen LogP) is 1.79. The third-order valence-corrected chi connectivity index (χ3v) is 2.27. The summed E-state index contributed by atoms with van der Waals surface area (Å²) in [5, 5.41) is 0. The summed E-state index contributed by atoms with van der Waals surface area (Å²) >= 11 is 0. The van der Waals surface area contributed by atoms with Gasteiger partial charge in [0.05, 0.1) is 13.7 Å². The van der Waals surface area contributed by atoms with Crippen molar-refractivity contribution >= 4 is 5.91 Å². The number of nitrogens with zero attached hydrogens (tertiary/aromatic N) is 1. The largest absolute Gasteiger partial charge is 0.497 e. The molecule has 0 heterocycles. The van der Waals surface area contributed by atoms with Crippen LogP contribution in [0.15, 0.2) is 24.3 Å². The topological polar surface area (TPSA) is 29.5 Å². The van der Waals surface area contributed by atoms with Crippen molar-refractivity contribution in [2.24, 2.45) is 0 Å². The maximum absolute atomic E-state index is 12.0. The number of carbonyl (C=O) groups is 1. The average Bonchev–Trinajstić information content (AvgIpc) is 2.35. The van der Waals surface area contributed by atoms with Crippen LogP contribution >= 0.6 is 0 Å². The number of hydrogen-bond donors (Lipinski definition) is 0. The number of rotatable bonds is 4. The third kappa shape index (κ3) is 2.77. The number of terminal acetylenes is 1. The van der Waals surface area contributed by atoms with E-state index in [4.69, 9.17) is 11.2 Å². The first kappa shape index (κ1) is 12.1. The molecule has 0 radical (unpaired) electrons. The molecule has 0 aromatic heterocycles. The molecular weight excluding hydrogens is 202 g/mol. The lowest BCUT2D eigenvalue weighted by molar-refractivity contribution is 0.0784. The fourth-order valence-corrected chi connectivity index (χ4v) is 1.38. The monoisotopic (exact) mass is 217 g/mol. The molecule has 0 N–H and O–H groups in total. The summed E-state index contributed by atoms with van der Waals surface area (Å²) in [6.45, 7) is 2.82. The maximum atomic E-state index is 12.0. The van der Waals surface area contributed by atoms with Crippen LogP contribution in [0, 0.1) is 12.3 Å². The van der Waals surface area contributed by atoms with Crippen LogP contribution in [0.2, 0.25) is 0 Å². The van der Waals surface area contributed by atoms with Crippen molar-refractivity contribution in [3.63, 3.8) is 0 Å². The fourth-order valence-electron chi connectivity index (χ4n) is 1.38. The zero-order valence-corrected chi connectivity index (χ0v) is 9.56. The third-order valence-electron chi connectivity index (χ3n) is 2.27. The molecule has 3 heteroatoms. The van der Waals surface area contributed by atoms with Gasteiger partial charge in [0.1, 0.15) is 5.75 Å². The van der Waals surface area contributed by atoms with Gasteiger partial charge < -0.3 is 9.64 Å². The Morgan fingerprint density at radius 2 is 2.31 bits per heavy atom. The highest BCUT2D eigenvalue weighted by Gasteiger charge is 2.13. The summed E-state index contributed by atoms with van der Waals surface area (Å²) in [7, 11) is 1.57. The van der Waals surface area contributed by atoms with Gasteiger partial charge in [0.2, 0.25) is 0 Å². The number of amides is 1. The van der Waals surface area contributed by atoms with E-state index in [0.717, 1.165) is 0 Å². The molecule has 84 valence electrons. The van der Waals surface area contributed by atoms with E-state index in [2.05, 4.69) is 5.92 Å². The van der Waals surface area contributed by atoms with Gasteiger partial charge >= 0.3 is 0 Å². The smallest absolute Gasteiger partial charge is 0.254 e. The molecule has 3 nitrogen and oxygen atoms in total. The van der Waals surface area contributed by atoms with E-state index < -0.39 is 0 Å². The summed E-state index contributed by atoms with van der Waals surface area (Å²) in [5.74, 6) is 3.07. The second kappa shape index (κ2) is 5.82. The molecule has 1 aromatic rings. The molecule has 0 bridgehead atoms. The van der Waals surface area contributed by atoms with Gasteiger partial charge in [0.25, 0.3) is 5.91 Å². The first-order valence-electron chi connectivity index (χ1n) is 5.09. The number of benzene rings is 1. The Morgan fingerprint density at radius 3 is 2.88 bits per heavy atom. The highest BCUT2D eigenvalue weighted by Crippen LogP contribution is 2.14. The summed E-state index contributed by atoms with van der Waals surface area (Å²) in [6, 6.07) is 7.05. The molecule has 1 aromatic carbocycles. The molecule has 0 aliphatic carbocycles. The highest BCUT2D eigenvalue weighted by atomic mass is 16.5. The summed E-state index contributed by atoms with van der Waals surface area (Å²) in [5.41, 5.74) is 0.594. The Hall–Kier alpha value is -1.95. The standard InChI is InChI=1S/C13H15NO2/c1-4-9-14(5-2)13(15)11-7-6-8-12(10-11)16-3/h1,6-8,10H,5,9H2,2-3H3. The van der Waals surface area contributed by atoms with E-state index in [0.29, 0.717) is 24.4 Å². The zero-order chi connectivity index (χ0) is 12.0. The first-order chi connectivity index (χ1) is 7.72. The van der Waals surface area contributed by atoms with E-state index >= 15 is 0 Å². The fraction of sp³-hybridized carbons (Fsp3) is 0.308. The van der Waals surface area contributed by atoms with Crippen LogP contribution in [0.25, 0.3) is 0 Å². The Bertz CT molecular complexity index is 407. The minimum Gasteiger partial charge on any atom is -0.497 e. The molecule has 0 atom stereocenters. The van der Waals surface area contributed by atoms with Crippen LogP contribution in [0.1, 0.15) is 17.3 Å². The van der Waals surface area contributed by atoms with Crippen LogP contribution in [0.3, 0.4) is 0 Å². The minimum absolute atomic E-state index is 0.0700. The van der Waals surface area contributed by atoms with Gasteiger partial charge in [-0.25, -0.2) is 0 Å². The normalized spacial score (nSPS) is 9.31. The van der Waals surface area contributed by atoms with Crippen LogP contribution in [-0.4, -0.2) is 31.0 Å². The molecule has 1 amide bonds. The zero-order valence-electron chi connectivity index (χ0n) is 9.56. The quantitative estimate of drug-likeness (QED) is 0.720. The number of hydrogen-bond acceptors (Lipinski definition) is 2. The Kier molecular flexibility index (Phi) is 4.41. The Morgan fingerprint density at radius 1 is 1.56 bits per heavy atom. The van der Waals surface area contributed by atoms with Gasteiger partial charge in [0, 0.05) is 12.1 Å². The minimum atomic E-state index is -0.0700. The number of carbonyl (C=O) groups excluding carboxylic acids is 1. The summed E-state index contributed by atoms with van der Waals surface area (Å²) < 4.78 is 5.07. The molecule has 0 aliphatic heterocycles. The van der Waals surface area contributed by atoms with Crippen LogP contribution in [-0.2, 0) is 0 Å². The van der Waals surface area contributed by atoms with Crippen molar-refractivity contribution in [1.29, 1.82) is 0 Å². The van der Waals surface area contributed by atoms with Gasteiger partial charge in [-0.15, -0.1) is 6.42 Å². The van der Waals surface area contributed by atoms with Gasteiger partial charge in [-0.3, -0.25) is 4.79 Å². The molecule has 0 unspecified atom stereocenters. The van der Waals surface area contributed by atoms with E-state index in [9.17, 15) is 4.79 Å². The lowest BCUT2D eigenvalue weighted by atomic mass is 10.2. The molecule has 0 saturated carbocycles. The maximum Gasteiger partial charge on any atom is 0.254 e. The van der Waals surface area contributed by atoms with Crippen LogP contribution in [0.4, 0.5) is 0 Å². The molecule has 0 saturated heterocycles. The SMILES string of the molecule is C#CCN(CC)C(=O)c1cccc(OC)c1. The second-order valence-electron chi connectivity index (χ2n) is 3.26. The predicted molar refractivity (Wildman–Crippen MR) is 63.4 cm³/mol. The second-order valence-corrected chi connectivity index (χ2v) is 3.26. The lowest BCUT2D eigenvalue weighted by Crippen LogP contribution is -2.31. The van der Waals surface area contributed by atoms with E-state index in [1.807, 2.05) is 6.92 Å². The molecule has 16 heavy (non-hydrogen) atoms. The van der Waals surface area contributed by atoms with Gasteiger partial charge in [-0.2, -0.15) is 0 Å². The van der Waals surface area contributed by atoms with Gasteiger partial charge in [-0.05, 0) is 25.1 Å². The lowest BCUT2D eigenvalue weighted by Gasteiger charge is -2.18. The number of ether oxygens (including phenoxy) is 1. The van der Waals surface area contributed by atoms with Gasteiger partial charge in [-0.1, -0.05) is 12.0 Å². The van der Waals surface area contributed by atoms with Crippen LogP contribution < -0.4 is 4.74 Å². The van der Waals surface area contributed by atoms with Crippen molar-refractivity contribution in [3.05, 3.63) is 29.8 Å². The highest BCUT2D eigenvalue weighted by molar-refractivity contribution is 5.94. The van der Waals surface area contributed by atoms with Crippen molar-refractivity contribution < 1.29 is 9.53 Å². The van der Waals surface area contributed by atoms with Crippen molar-refractivity contribution in [1.82, 2.24) is 4.90 Å². The Balaban J connectivity index is 2.90. The molecular formula is C13H15NO2. The Labute approximate surface area is 96.0 Å². The molecule has 0 fully saturated rings. The molecule has 0 aliphatic rings. The van der Waals surface area contributed by atoms with E-state index in [1.165, 1.54) is 0 Å². The van der Waals surface area contributed by atoms with Crippen molar-refractivity contribution in [2.75, 3.05) is 20.2 Å². The van der Waals surface area contributed by atoms with Crippen molar-refractivity contribution in [3.8, 4) is 18.1 Å². The van der Waals surface area contributed by atoms with Crippen molar-refractivity contribution in [2.45, 2.75) is 6.92 Å². The average molecular weight is 217 g/mol. The van der Waals surface area contributed by atoms with Crippen LogP contribution in [0.5, 0.6) is 5.75 Å².